The van der Waals surface area contributed by atoms with E-state index in [1.807, 2.05) is 25.3 Å². The first-order chi connectivity index (χ1) is 16.3. The van der Waals surface area contributed by atoms with Crippen LogP contribution in [0.2, 0.25) is 5.02 Å². The second kappa shape index (κ2) is 11.9. The molecule has 0 radical (unpaired) electrons. The summed E-state index contributed by atoms with van der Waals surface area (Å²) in [5.41, 5.74) is 1.20. The molecule has 3 rings (SSSR count). The van der Waals surface area contributed by atoms with E-state index in [-0.39, 0.29) is 29.5 Å². The number of carbonyl (C=O) groups is 2. The number of nitrogens with zero attached hydrogens (tertiary/aromatic N) is 3. The molecular weight excluding hydrogens is 474 g/mol. The third-order valence-electron chi connectivity index (χ3n) is 5.11. The fourth-order valence-electron chi connectivity index (χ4n) is 3.29. The Morgan fingerprint density at radius 3 is 2.35 bits per heavy atom. The van der Waals surface area contributed by atoms with Crippen molar-refractivity contribution in [3.8, 4) is 5.75 Å². The van der Waals surface area contributed by atoms with Gasteiger partial charge >= 0.3 is 0 Å². The van der Waals surface area contributed by atoms with Gasteiger partial charge in [0, 0.05) is 22.8 Å². The number of nitrogens with one attached hydrogen (secondary N) is 2. The number of rotatable bonds is 10. The standard InChI is InChI=1S/C24H28ClN5O3S/c1-5-30-22(21(15(2)3)27-23(32)16-6-12-19(33-4)13-7-16)28-29-24(30)34-14-20(31)26-18-10-8-17(25)9-11-18/h6-13,15,21H,5,14H2,1-4H3,(H,26,31)(H,27,32)/t21-/m1/s1. The molecule has 8 nitrogen and oxygen atoms in total. The molecule has 34 heavy (non-hydrogen) atoms. The highest BCUT2D eigenvalue weighted by Crippen LogP contribution is 2.26. The molecule has 0 aliphatic rings. The molecule has 10 heteroatoms. The maximum Gasteiger partial charge on any atom is 0.251 e. The van der Waals surface area contributed by atoms with Crippen LogP contribution in [0, 0.1) is 5.92 Å². The first-order valence-corrected chi connectivity index (χ1v) is 12.2. The molecule has 1 heterocycles. The Bertz CT molecular complexity index is 1120. The largest absolute Gasteiger partial charge is 0.497 e. The summed E-state index contributed by atoms with van der Waals surface area (Å²) in [6.45, 7) is 6.61. The van der Waals surface area contributed by atoms with Crippen LogP contribution >= 0.6 is 23.4 Å². The Labute approximate surface area is 208 Å². The first kappa shape index (κ1) is 25.6. The highest BCUT2D eigenvalue weighted by molar-refractivity contribution is 7.99. The number of thioether (sulfide) groups is 1. The van der Waals surface area contributed by atoms with E-state index in [9.17, 15) is 9.59 Å². The van der Waals surface area contributed by atoms with Gasteiger partial charge in [-0.3, -0.25) is 9.59 Å². The number of carbonyl (C=O) groups excluding carboxylic acids is 2. The van der Waals surface area contributed by atoms with Crippen molar-refractivity contribution in [3.63, 3.8) is 0 Å². The molecule has 1 atom stereocenters. The van der Waals surface area contributed by atoms with Crippen molar-refractivity contribution in [3.05, 3.63) is 64.9 Å². The van der Waals surface area contributed by atoms with Crippen molar-refractivity contribution in [1.82, 2.24) is 20.1 Å². The van der Waals surface area contributed by atoms with Crippen LogP contribution in [0.15, 0.2) is 53.7 Å². The number of ether oxygens (including phenoxy) is 1. The van der Waals surface area contributed by atoms with Crippen LogP contribution in [0.3, 0.4) is 0 Å². The highest BCUT2D eigenvalue weighted by Gasteiger charge is 2.26. The summed E-state index contributed by atoms with van der Waals surface area (Å²) < 4.78 is 7.09. The minimum Gasteiger partial charge on any atom is -0.497 e. The molecule has 0 aliphatic carbocycles. The van der Waals surface area contributed by atoms with Gasteiger partial charge in [0.2, 0.25) is 5.91 Å². The van der Waals surface area contributed by atoms with Gasteiger partial charge in [0.25, 0.3) is 5.91 Å². The quantitative estimate of drug-likeness (QED) is 0.386. The molecule has 0 unspecified atom stereocenters. The van der Waals surface area contributed by atoms with Crippen LogP contribution in [0.5, 0.6) is 5.75 Å². The summed E-state index contributed by atoms with van der Waals surface area (Å²) in [6.07, 6.45) is 0. The van der Waals surface area contributed by atoms with E-state index >= 15 is 0 Å². The van der Waals surface area contributed by atoms with Crippen molar-refractivity contribution in [2.75, 3.05) is 18.2 Å². The normalized spacial score (nSPS) is 11.8. The minimum atomic E-state index is -0.348. The fraction of sp³-hybridized carbons (Fsp3) is 0.333. The van der Waals surface area contributed by atoms with Crippen LogP contribution < -0.4 is 15.4 Å². The summed E-state index contributed by atoms with van der Waals surface area (Å²) in [5, 5.41) is 15.8. The number of halogens is 1. The lowest BCUT2D eigenvalue weighted by molar-refractivity contribution is -0.113. The average molecular weight is 502 g/mol. The van der Waals surface area contributed by atoms with Gasteiger partial charge in [-0.15, -0.1) is 10.2 Å². The van der Waals surface area contributed by atoms with E-state index in [0.29, 0.717) is 39.5 Å². The number of methoxy groups -OCH3 is 1. The number of amides is 2. The van der Waals surface area contributed by atoms with Gasteiger partial charge in [0.1, 0.15) is 5.75 Å². The van der Waals surface area contributed by atoms with E-state index in [4.69, 9.17) is 16.3 Å². The molecule has 3 aromatic rings. The van der Waals surface area contributed by atoms with E-state index < -0.39 is 0 Å². The lowest BCUT2D eigenvalue weighted by atomic mass is 10.0. The topological polar surface area (TPSA) is 98.1 Å². The third-order valence-corrected chi connectivity index (χ3v) is 6.32. The van der Waals surface area contributed by atoms with Crippen LogP contribution in [0.25, 0.3) is 0 Å². The Morgan fingerprint density at radius 1 is 1.09 bits per heavy atom. The molecule has 0 fully saturated rings. The molecule has 0 bridgehead atoms. The van der Waals surface area contributed by atoms with Gasteiger partial charge in [-0.25, -0.2) is 0 Å². The van der Waals surface area contributed by atoms with Gasteiger partial charge in [-0.05, 0) is 61.4 Å². The molecule has 1 aromatic heterocycles. The Hall–Kier alpha value is -3.04. The summed E-state index contributed by atoms with van der Waals surface area (Å²) >= 11 is 7.18. The molecule has 0 saturated heterocycles. The minimum absolute atomic E-state index is 0.0720. The van der Waals surface area contributed by atoms with Gasteiger partial charge in [0.05, 0.1) is 18.9 Å². The van der Waals surface area contributed by atoms with E-state index in [1.54, 1.807) is 55.6 Å². The van der Waals surface area contributed by atoms with Crippen molar-refractivity contribution in [1.29, 1.82) is 0 Å². The van der Waals surface area contributed by atoms with Crippen molar-refractivity contribution >= 4 is 40.9 Å². The second-order valence-corrected chi connectivity index (χ2v) is 9.23. The van der Waals surface area contributed by atoms with Gasteiger partial charge in [-0.2, -0.15) is 0 Å². The van der Waals surface area contributed by atoms with Crippen molar-refractivity contribution in [2.45, 2.75) is 38.5 Å². The van der Waals surface area contributed by atoms with Gasteiger partial charge < -0.3 is 19.9 Å². The van der Waals surface area contributed by atoms with Crippen LogP contribution in [-0.4, -0.2) is 39.4 Å². The number of benzene rings is 2. The van der Waals surface area contributed by atoms with E-state index in [2.05, 4.69) is 20.8 Å². The smallest absolute Gasteiger partial charge is 0.251 e. The molecular formula is C24H28ClN5O3S. The van der Waals surface area contributed by atoms with Gasteiger partial charge in [0.15, 0.2) is 11.0 Å². The maximum absolute atomic E-state index is 12.9. The van der Waals surface area contributed by atoms with Crippen LogP contribution in [0.1, 0.15) is 43.0 Å². The summed E-state index contributed by atoms with van der Waals surface area (Å²) in [5.74, 6) is 1.22. The molecule has 0 aliphatic heterocycles. The predicted octanol–water partition coefficient (Wildman–Crippen LogP) is 4.82. The number of anilines is 1. The Morgan fingerprint density at radius 2 is 1.76 bits per heavy atom. The van der Waals surface area contributed by atoms with Crippen LogP contribution in [0.4, 0.5) is 5.69 Å². The maximum atomic E-state index is 12.9. The molecule has 2 amide bonds. The summed E-state index contributed by atoms with van der Waals surface area (Å²) in [6, 6.07) is 13.5. The van der Waals surface area contributed by atoms with Crippen molar-refractivity contribution in [2.24, 2.45) is 5.92 Å². The van der Waals surface area contributed by atoms with E-state index in [1.165, 1.54) is 11.8 Å². The first-order valence-electron chi connectivity index (χ1n) is 10.9. The Balaban J connectivity index is 1.69. The summed E-state index contributed by atoms with van der Waals surface area (Å²) in [4.78, 5) is 25.3. The highest BCUT2D eigenvalue weighted by atomic mass is 35.5. The van der Waals surface area contributed by atoms with Crippen LogP contribution in [-0.2, 0) is 11.3 Å². The zero-order valence-electron chi connectivity index (χ0n) is 19.5. The molecule has 2 N–H and O–H groups in total. The molecule has 2 aromatic carbocycles. The summed E-state index contributed by atoms with van der Waals surface area (Å²) in [7, 11) is 1.58. The van der Waals surface area contributed by atoms with E-state index in [0.717, 1.165) is 0 Å². The monoisotopic (exact) mass is 501 g/mol. The zero-order valence-corrected chi connectivity index (χ0v) is 21.1. The lowest BCUT2D eigenvalue weighted by Crippen LogP contribution is -2.33. The fourth-order valence-corrected chi connectivity index (χ4v) is 4.23. The predicted molar refractivity (Wildman–Crippen MR) is 135 cm³/mol. The lowest BCUT2D eigenvalue weighted by Gasteiger charge is -2.22. The van der Waals surface area contributed by atoms with Crippen molar-refractivity contribution < 1.29 is 14.3 Å². The SMILES string of the molecule is CCn1c(SCC(=O)Nc2ccc(Cl)cc2)nnc1[C@H](NC(=O)c1ccc(OC)cc1)C(C)C. The van der Waals surface area contributed by atoms with Gasteiger partial charge in [-0.1, -0.05) is 37.2 Å². The molecule has 180 valence electrons. The molecule has 0 saturated carbocycles. The average Bonchev–Trinajstić information content (AvgIpc) is 3.24. The number of hydrogen-bond acceptors (Lipinski definition) is 6. The zero-order chi connectivity index (χ0) is 24.7. The number of hydrogen-bond donors (Lipinski definition) is 2. The number of aromatic nitrogens is 3. The third kappa shape index (κ3) is 6.51. The molecule has 0 spiro atoms. The second-order valence-electron chi connectivity index (χ2n) is 7.85. The Kier molecular flexibility index (Phi) is 8.95.